The van der Waals surface area contributed by atoms with Gasteiger partial charge in [0.2, 0.25) is 5.95 Å². The molecule has 6 heteroatoms. The lowest BCUT2D eigenvalue weighted by atomic mass is 10.1. The van der Waals surface area contributed by atoms with E-state index >= 15 is 0 Å². The van der Waals surface area contributed by atoms with E-state index in [1.807, 2.05) is 31.2 Å². The number of aromatic nitrogens is 3. The van der Waals surface area contributed by atoms with Crippen LogP contribution in [0.5, 0.6) is 5.75 Å². The van der Waals surface area contributed by atoms with Crippen LogP contribution in [0.1, 0.15) is 18.1 Å². The molecule has 0 unspecified atom stereocenters. The van der Waals surface area contributed by atoms with Crippen molar-refractivity contribution in [2.24, 2.45) is 0 Å². The Morgan fingerprint density at radius 3 is 2.48 bits per heavy atom. The third-order valence-electron chi connectivity index (χ3n) is 3.57. The van der Waals surface area contributed by atoms with Crippen molar-refractivity contribution in [1.29, 1.82) is 0 Å². The number of anilines is 3. The van der Waals surface area contributed by atoms with Crippen LogP contribution in [-0.2, 0) is 6.54 Å². The van der Waals surface area contributed by atoms with E-state index in [1.54, 1.807) is 6.20 Å². The van der Waals surface area contributed by atoms with Crippen molar-refractivity contribution >= 4 is 17.5 Å². The lowest BCUT2D eigenvalue weighted by molar-refractivity contribution is 0.340. The molecule has 6 nitrogen and oxygen atoms in total. The second-order valence-electron chi connectivity index (χ2n) is 5.59. The largest absolute Gasteiger partial charge is 0.494 e. The summed E-state index contributed by atoms with van der Waals surface area (Å²) in [7, 11) is 0. The second-order valence-corrected chi connectivity index (χ2v) is 5.59. The molecule has 128 valence electrons. The van der Waals surface area contributed by atoms with Crippen LogP contribution in [0, 0.1) is 6.92 Å². The van der Waals surface area contributed by atoms with E-state index < -0.39 is 0 Å². The molecule has 0 bridgehead atoms. The van der Waals surface area contributed by atoms with Crippen molar-refractivity contribution in [3.05, 3.63) is 65.9 Å². The van der Waals surface area contributed by atoms with E-state index in [4.69, 9.17) is 4.74 Å². The first kappa shape index (κ1) is 16.7. The summed E-state index contributed by atoms with van der Waals surface area (Å²) >= 11 is 0. The Labute approximate surface area is 147 Å². The normalized spacial score (nSPS) is 10.3. The summed E-state index contributed by atoms with van der Waals surface area (Å²) in [6.07, 6.45) is 1.59. The minimum atomic E-state index is 0.483. The predicted octanol–water partition coefficient (Wildman–Crippen LogP) is 3.93. The van der Waals surface area contributed by atoms with Crippen LogP contribution in [0.4, 0.5) is 17.5 Å². The summed E-state index contributed by atoms with van der Waals surface area (Å²) in [6, 6.07) is 16.0. The molecule has 2 N–H and O–H groups in total. The van der Waals surface area contributed by atoms with Crippen molar-refractivity contribution in [1.82, 2.24) is 15.2 Å². The van der Waals surface area contributed by atoms with E-state index in [-0.39, 0.29) is 0 Å². The smallest absolute Gasteiger partial charge is 0.244 e. The molecule has 0 amide bonds. The lowest BCUT2D eigenvalue weighted by Gasteiger charge is -2.09. The zero-order valence-electron chi connectivity index (χ0n) is 14.4. The van der Waals surface area contributed by atoms with Gasteiger partial charge >= 0.3 is 0 Å². The van der Waals surface area contributed by atoms with Crippen molar-refractivity contribution in [2.75, 3.05) is 17.2 Å². The number of benzene rings is 2. The van der Waals surface area contributed by atoms with Crippen molar-refractivity contribution in [2.45, 2.75) is 20.4 Å². The molecule has 0 aliphatic rings. The number of hydrogen-bond donors (Lipinski definition) is 2. The molecule has 0 saturated heterocycles. The van der Waals surface area contributed by atoms with Crippen molar-refractivity contribution in [3.8, 4) is 5.75 Å². The molecule has 0 radical (unpaired) electrons. The van der Waals surface area contributed by atoms with Crippen LogP contribution in [0.3, 0.4) is 0 Å². The summed E-state index contributed by atoms with van der Waals surface area (Å²) in [6.45, 7) is 5.33. The van der Waals surface area contributed by atoms with Crippen LogP contribution < -0.4 is 15.4 Å². The minimum Gasteiger partial charge on any atom is -0.494 e. The van der Waals surface area contributed by atoms with Gasteiger partial charge in [0.1, 0.15) is 5.75 Å². The lowest BCUT2D eigenvalue weighted by Crippen LogP contribution is -2.06. The van der Waals surface area contributed by atoms with E-state index in [9.17, 15) is 0 Å². The topological polar surface area (TPSA) is 72.0 Å². The monoisotopic (exact) mass is 335 g/mol. The molecular formula is C19H21N5O. The van der Waals surface area contributed by atoms with Gasteiger partial charge in [-0.3, -0.25) is 0 Å². The first-order chi connectivity index (χ1) is 12.2. The molecule has 25 heavy (non-hydrogen) atoms. The first-order valence-corrected chi connectivity index (χ1v) is 8.22. The molecule has 0 spiro atoms. The predicted molar refractivity (Wildman–Crippen MR) is 99.2 cm³/mol. The molecule has 2 aromatic carbocycles. The standard InChI is InChI=1S/C19H21N5O/c1-3-25-17-10-8-16(9-11-17)22-18-13-21-24-19(23-18)20-12-15-6-4-14(2)5-7-15/h4-11,13H,3,12H2,1-2H3,(H2,20,22,23,24). The Morgan fingerprint density at radius 1 is 1.00 bits per heavy atom. The molecule has 3 aromatic rings. The van der Waals surface area contributed by atoms with Gasteiger partial charge in [-0.25, -0.2) is 0 Å². The van der Waals surface area contributed by atoms with Crippen LogP contribution in [0.15, 0.2) is 54.7 Å². The number of ether oxygens (including phenoxy) is 1. The van der Waals surface area contributed by atoms with E-state index in [1.165, 1.54) is 11.1 Å². The highest BCUT2D eigenvalue weighted by atomic mass is 16.5. The zero-order chi connectivity index (χ0) is 17.5. The van der Waals surface area contributed by atoms with Crippen molar-refractivity contribution < 1.29 is 4.74 Å². The average molecular weight is 335 g/mol. The SMILES string of the molecule is CCOc1ccc(Nc2cnnc(NCc3ccc(C)cc3)n2)cc1. The van der Waals surface area contributed by atoms with Gasteiger partial charge in [0, 0.05) is 12.2 Å². The summed E-state index contributed by atoms with van der Waals surface area (Å²) in [5.41, 5.74) is 3.32. The molecule has 1 heterocycles. The van der Waals surface area contributed by atoms with Gasteiger partial charge in [0.05, 0.1) is 12.8 Å². The van der Waals surface area contributed by atoms with E-state index in [0.29, 0.717) is 24.9 Å². The fourth-order valence-corrected chi connectivity index (χ4v) is 2.27. The number of nitrogens with zero attached hydrogens (tertiary/aromatic N) is 3. The Morgan fingerprint density at radius 2 is 1.76 bits per heavy atom. The first-order valence-electron chi connectivity index (χ1n) is 8.22. The minimum absolute atomic E-state index is 0.483. The summed E-state index contributed by atoms with van der Waals surface area (Å²) in [4.78, 5) is 4.43. The Hall–Kier alpha value is -3.15. The average Bonchev–Trinajstić information content (AvgIpc) is 2.64. The molecule has 0 aliphatic heterocycles. The number of aryl methyl sites for hydroxylation is 1. The third kappa shape index (κ3) is 4.91. The second kappa shape index (κ2) is 8.10. The quantitative estimate of drug-likeness (QED) is 0.681. The molecule has 0 fully saturated rings. The van der Waals surface area contributed by atoms with Gasteiger partial charge in [-0.1, -0.05) is 29.8 Å². The van der Waals surface area contributed by atoms with Gasteiger partial charge in [-0.15, -0.1) is 5.10 Å². The highest BCUT2D eigenvalue weighted by Gasteiger charge is 2.02. The zero-order valence-corrected chi connectivity index (χ0v) is 14.4. The molecule has 0 aliphatic carbocycles. The van der Waals surface area contributed by atoms with Crippen LogP contribution >= 0.6 is 0 Å². The number of nitrogens with one attached hydrogen (secondary N) is 2. The Balaban J connectivity index is 1.61. The Kier molecular flexibility index (Phi) is 5.41. The Bertz CT molecular complexity index is 803. The summed E-state index contributed by atoms with van der Waals surface area (Å²) in [5.74, 6) is 1.95. The molecule has 0 atom stereocenters. The highest BCUT2D eigenvalue weighted by Crippen LogP contribution is 2.19. The van der Waals surface area contributed by atoms with Gasteiger partial charge in [-0.2, -0.15) is 10.1 Å². The van der Waals surface area contributed by atoms with Crippen molar-refractivity contribution in [3.63, 3.8) is 0 Å². The van der Waals surface area contributed by atoms with Crippen LogP contribution in [-0.4, -0.2) is 21.8 Å². The maximum Gasteiger partial charge on any atom is 0.244 e. The summed E-state index contributed by atoms with van der Waals surface area (Å²) < 4.78 is 5.44. The highest BCUT2D eigenvalue weighted by molar-refractivity contribution is 5.57. The molecular weight excluding hydrogens is 314 g/mol. The van der Waals surface area contributed by atoms with Gasteiger partial charge in [0.25, 0.3) is 0 Å². The number of rotatable bonds is 7. The number of hydrogen-bond acceptors (Lipinski definition) is 6. The fourth-order valence-electron chi connectivity index (χ4n) is 2.27. The maximum absolute atomic E-state index is 5.44. The van der Waals surface area contributed by atoms with E-state index in [2.05, 4.69) is 57.0 Å². The molecule has 0 saturated carbocycles. The third-order valence-corrected chi connectivity index (χ3v) is 3.57. The maximum atomic E-state index is 5.44. The van der Waals surface area contributed by atoms with Gasteiger partial charge < -0.3 is 15.4 Å². The fraction of sp³-hybridized carbons (Fsp3) is 0.211. The summed E-state index contributed by atoms with van der Waals surface area (Å²) in [5, 5.41) is 14.4. The molecule has 1 aromatic heterocycles. The van der Waals surface area contributed by atoms with Gasteiger partial charge in [-0.05, 0) is 43.7 Å². The van der Waals surface area contributed by atoms with Crippen LogP contribution in [0.25, 0.3) is 0 Å². The van der Waals surface area contributed by atoms with Gasteiger partial charge in [0.15, 0.2) is 5.82 Å². The van der Waals surface area contributed by atoms with Crippen LogP contribution in [0.2, 0.25) is 0 Å². The molecule has 3 rings (SSSR count). The van der Waals surface area contributed by atoms with E-state index in [0.717, 1.165) is 11.4 Å².